The standard InChI is InChI=1S/C14H29N/c1-5-14(15-4)7-6-13-9-11(2)8-12(3)10-13/h11-15H,5-10H2,1-4H3. The van der Waals surface area contributed by atoms with E-state index >= 15 is 0 Å². The van der Waals surface area contributed by atoms with Gasteiger partial charge in [-0.2, -0.15) is 0 Å². The van der Waals surface area contributed by atoms with E-state index in [2.05, 4.69) is 33.1 Å². The van der Waals surface area contributed by atoms with Crippen molar-refractivity contribution in [3.63, 3.8) is 0 Å². The van der Waals surface area contributed by atoms with Gasteiger partial charge in [-0.05, 0) is 63.3 Å². The molecule has 1 aliphatic carbocycles. The summed E-state index contributed by atoms with van der Waals surface area (Å²) in [6.07, 6.45) is 8.49. The number of hydrogen-bond donors (Lipinski definition) is 1. The van der Waals surface area contributed by atoms with E-state index in [1.54, 1.807) is 0 Å². The Morgan fingerprint density at radius 1 is 1.13 bits per heavy atom. The molecule has 1 heteroatoms. The van der Waals surface area contributed by atoms with Gasteiger partial charge in [0.05, 0.1) is 0 Å². The van der Waals surface area contributed by atoms with Crippen LogP contribution < -0.4 is 5.32 Å². The highest BCUT2D eigenvalue weighted by atomic mass is 14.9. The van der Waals surface area contributed by atoms with Crippen molar-refractivity contribution in [3.8, 4) is 0 Å². The largest absolute Gasteiger partial charge is 0.317 e. The molecule has 0 heterocycles. The summed E-state index contributed by atoms with van der Waals surface area (Å²) >= 11 is 0. The topological polar surface area (TPSA) is 12.0 Å². The molecular weight excluding hydrogens is 182 g/mol. The maximum Gasteiger partial charge on any atom is 0.00615 e. The molecule has 1 rings (SSSR count). The molecule has 1 nitrogen and oxygen atoms in total. The van der Waals surface area contributed by atoms with Crippen molar-refractivity contribution >= 4 is 0 Å². The van der Waals surface area contributed by atoms with Crippen LogP contribution in [0.25, 0.3) is 0 Å². The van der Waals surface area contributed by atoms with Crippen LogP contribution >= 0.6 is 0 Å². The Morgan fingerprint density at radius 3 is 2.20 bits per heavy atom. The average molecular weight is 211 g/mol. The first-order valence-electron chi connectivity index (χ1n) is 6.82. The lowest BCUT2D eigenvalue weighted by molar-refractivity contribution is 0.202. The van der Waals surface area contributed by atoms with Crippen LogP contribution in [0.3, 0.4) is 0 Å². The zero-order valence-corrected chi connectivity index (χ0v) is 11.1. The Morgan fingerprint density at radius 2 is 1.73 bits per heavy atom. The van der Waals surface area contributed by atoms with Gasteiger partial charge in [0, 0.05) is 6.04 Å². The van der Waals surface area contributed by atoms with Crippen LogP contribution in [0.5, 0.6) is 0 Å². The van der Waals surface area contributed by atoms with Crippen LogP contribution in [0.2, 0.25) is 0 Å². The minimum absolute atomic E-state index is 0.748. The lowest BCUT2D eigenvalue weighted by Crippen LogP contribution is -2.26. The second-order valence-corrected chi connectivity index (χ2v) is 5.75. The van der Waals surface area contributed by atoms with E-state index in [0.717, 1.165) is 23.8 Å². The second-order valence-electron chi connectivity index (χ2n) is 5.75. The molecule has 0 amide bonds. The highest BCUT2D eigenvalue weighted by molar-refractivity contribution is 4.76. The molecule has 0 bridgehead atoms. The van der Waals surface area contributed by atoms with Crippen LogP contribution in [0.15, 0.2) is 0 Å². The minimum Gasteiger partial charge on any atom is -0.317 e. The predicted octanol–water partition coefficient (Wildman–Crippen LogP) is 3.84. The Kier molecular flexibility index (Phi) is 5.66. The van der Waals surface area contributed by atoms with Crippen molar-refractivity contribution in [1.82, 2.24) is 5.32 Å². The van der Waals surface area contributed by atoms with Crippen molar-refractivity contribution in [3.05, 3.63) is 0 Å². The SMILES string of the molecule is CCC(CCC1CC(C)CC(C)C1)NC. The zero-order valence-electron chi connectivity index (χ0n) is 11.1. The van der Waals surface area contributed by atoms with Crippen LogP contribution in [0.4, 0.5) is 0 Å². The smallest absolute Gasteiger partial charge is 0.00615 e. The fourth-order valence-corrected chi connectivity index (χ4v) is 3.34. The third kappa shape index (κ3) is 4.55. The van der Waals surface area contributed by atoms with Gasteiger partial charge in [0.2, 0.25) is 0 Å². The van der Waals surface area contributed by atoms with Crippen LogP contribution in [0.1, 0.15) is 59.3 Å². The van der Waals surface area contributed by atoms with E-state index in [9.17, 15) is 0 Å². The van der Waals surface area contributed by atoms with Crippen molar-refractivity contribution in [2.75, 3.05) is 7.05 Å². The van der Waals surface area contributed by atoms with Gasteiger partial charge in [-0.3, -0.25) is 0 Å². The molecule has 0 aromatic heterocycles. The first-order chi connectivity index (χ1) is 7.15. The van der Waals surface area contributed by atoms with Crippen LogP contribution in [-0.2, 0) is 0 Å². The maximum atomic E-state index is 3.41. The van der Waals surface area contributed by atoms with Gasteiger partial charge in [0.1, 0.15) is 0 Å². The zero-order chi connectivity index (χ0) is 11.3. The number of nitrogens with one attached hydrogen (secondary N) is 1. The van der Waals surface area contributed by atoms with Crippen molar-refractivity contribution in [2.45, 2.75) is 65.3 Å². The fraction of sp³-hybridized carbons (Fsp3) is 1.00. The molecule has 0 radical (unpaired) electrons. The van der Waals surface area contributed by atoms with Gasteiger partial charge < -0.3 is 5.32 Å². The van der Waals surface area contributed by atoms with Crippen molar-refractivity contribution in [2.24, 2.45) is 17.8 Å². The molecule has 1 N–H and O–H groups in total. The van der Waals surface area contributed by atoms with Crippen LogP contribution in [-0.4, -0.2) is 13.1 Å². The van der Waals surface area contributed by atoms with Crippen molar-refractivity contribution in [1.29, 1.82) is 0 Å². The molecule has 0 aromatic rings. The van der Waals surface area contributed by atoms with E-state index < -0.39 is 0 Å². The number of rotatable bonds is 5. The quantitative estimate of drug-likeness (QED) is 0.728. The van der Waals surface area contributed by atoms with E-state index in [0.29, 0.717) is 0 Å². The molecule has 15 heavy (non-hydrogen) atoms. The maximum absolute atomic E-state index is 3.41. The Balaban J connectivity index is 2.25. The summed E-state index contributed by atoms with van der Waals surface area (Å²) in [7, 11) is 2.10. The molecule has 90 valence electrons. The molecule has 1 fully saturated rings. The Labute approximate surface area is 96.0 Å². The molecule has 3 atom stereocenters. The lowest BCUT2D eigenvalue weighted by Gasteiger charge is -2.32. The van der Waals surface area contributed by atoms with Gasteiger partial charge in [-0.1, -0.05) is 20.8 Å². The normalized spacial score (nSPS) is 34.0. The van der Waals surface area contributed by atoms with E-state index in [4.69, 9.17) is 0 Å². The molecule has 3 unspecified atom stereocenters. The molecule has 0 aromatic carbocycles. The first-order valence-corrected chi connectivity index (χ1v) is 6.82. The third-order valence-electron chi connectivity index (χ3n) is 4.10. The molecular formula is C14H29N. The summed E-state index contributed by atoms with van der Waals surface area (Å²) in [6, 6.07) is 0.748. The highest BCUT2D eigenvalue weighted by Crippen LogP contribution is 2.35. The van der Waals surface area contributed by atoms with E-state index in [1.165, 1.54) is 38.5 Å². The summed E-state index contributed by atoms with van der Waals surface area (Å²) in [5.41, 5.74) is 0. The van der Waals surface area contributed by atoms with E-state index in [-0.39, 0.29) is 0 Å². The predicted molar refractivity (Wildman–Crippen MR) is 68.0 cm³/mol. The van der Waals surface area contributed by atoms with Gasteiger partial charge in [0.15, 0.2) is 0 Å². The van der Waals surface area contributed by atoms with Gasteiger partial charge >= 0.3 is 0 Å². The monoisotopic (exact) mass is 211 g/mol. The number of hydrogen-bond acceptors (Lipinski definition) is 1. The summed E-state index contributed by atoms with van der Waals surface area (Å²) < 4.78 is 0. The summed E-state index contributed by atoms with van der Waals surface area (Å²) in [6.45, 7) is 7.14. The summed E-state index contributed by atoms with van der Waals surface area (Å²) in [4.78, 5) is 0. The van der Waals surface area contributed by atoms with Crippen molar-refractivity contribution < 1.29 is 0 Å². The van der Waals surface area contributed by atoms with Gasteiger partial charge in [-0.25, -0.2) is 0 Å². The van der Waals surface area contributed by atoms with E-state index in [1.807, 2.05) is 0 Å². The minimum atomic E-state index is 0.748. The second kappa shape index (κ2) is 6.52. The molecule has 0 saturated heterocycles. The first kappa shape index (κ1) is 13.0. The third-order valence-corrected chi connectivity index (χ3v) is 4.10. The lowest BCUT2D eigenvalue weighted by atomic mass is 9.75. The Hall–Kier alpha value is -0.0400. The highest BCUT2D eigenvalue weighted by Gasteiger charge is 2.23. The molecule has 0 spiro atoms. The molecule has 1 aliphatic rings. The van der Waals surface area contributed by atoms with Gasteiger partial charge in [-0.15, -0.1) is 0 Å². The van der Waals surface area contributed by atoms with Crippen LogP contribution in [0, 0.1) is 17.8 Å². The Bertz CT molecular complexity index is 153. The summed E-state index contributed by atoms with van der Waals surface area (Å²) in [5, 5.41) is 3.41. The molecule has 0 aliphatic heterocycles. The molecule has 1 saturated carbocycles. The average Bonchev–Trinajstić information content (AvgIpc) is 2.18. The fourth-order valence-electron chi connectivity index (χ4n) is 3.34. The summed E-state index contributed by atoms with van der Waals surface area (Å²) in [5.74, 6) is 2.94. The van der Waals surface area contributed by atoms with Gasteiger partial charge in [0.25, 0.3) is 0 Å².